The lowest BCUT2D eigenvalue weighted by Crippen LogP contribution is -2.62. The molecule has 0 aliphatic heterocycles. The Morgan fingerprint density at radius 3 is 2.58 bits per heavy atom. The summed E-state index contributed by atoms with van der Waals surface area (Å²) in [4.78, 5) is 24.2. The van der Waals surface area contributed by atoms with Gasteiger partial charge in [-0.15, -0.1) is 0 Å². The van der Waals surface area contributed by atoms with Gasteiger partial charge in [0.25, 0.3) is 0 Å². The number of esters is 1. The van der Waals surface area contributed by atoms with E-state index in [1.165, 1.54) is 0 Å². The Labute approximate surface area is 216 Å². The highest BCUT2D eigenvalue weighted by Crippen LogP contribution is 2.68. The van der Waals surface area contributed by atoms with Crippen LogP contribution in [0, 0.1) is 46.3 Å². The van der Waals surface area contributed by atoms with Gasteiger partial charge in [0.15, 0.2) is 0 Å². The fourth-order valence-electron chi connectivity index (χ4n) is 10.0. The second-order valence-corrected chi connectivity index (χ2v) is 13.8. The van der Waals surface area contributed by atoms with E-state index in [4.69, 9.17) is 4.74 Å². The molecule has 12 atom stereocenters. The summed E-state index contributed by atoms with van der Waals surface area (Å²) in [6.45, 7) is 6.83. The van der Waals surface area contributed by atoms with Crippen LogP contribution < -0.4 is 0 Å². The number of carbonyl (C=O) groups is 2. The number of fused-ring (bicyclic) bond motifs is 5. The van der Waals surface area contributed by atoms with Crippen LogP contribution in [0.5, 0.6) is 0 Å². The molecule has 0 heterocycles. The second-order valence-electron chi connectivity index (χ2n) is 13.8. The summed E-state index contributed by atoms with van der Waals surface area (Å²) in [6.07, 6.45) is 8.51. The number of carbonyl (C=O) groups excluding carboxylic acids is 2. The lowest BCUT2D eigenvalue weighted by atomic mass is 9.43. The second kappa shape index (κ2) is 9.96. The van der Waals surface area contributed by atoms with Crippen LogP contribution in [0.4, 0.5) is 0 Å². The van der Waals surface area contributed by atoms with E-state index in [1.807, 2.05) is 0 Å². The summed E-state index contributed by atoms with van der Waals surface area (Å²) in [6, 6.07) is 0. The third-order valence-corrected chi connectivity index (χ3v) is 12.1. The van der Waals surface area contributed by atoms with Gasteiger partial charge in [-0.3, -0.25) is 9.59 Å². The van der Waals surface area contributed by atoms with E-state index in [-0.39, 0.29) is 52.7 Å². The molecule has 6 nitrogen and oxygen atoms in total. The van der Waals surface area contributed by atoms with Crippen molar-refractivity contribution in [3.63, 3.8) is 0 Å². The van der Waals surface area contributed by atoms with Crippen LogP contribution in [0.3, 0.4) is 0 Å². The van der Waals surface area contributed by atoms with Gasteiger partial charge < -0.3 is 20.1 Å². The van der Waals surface area contributed by atoms with E-state index in [2.05, 4.69) is 20.8 Å². The number of hydrogen-bond acceptors (Lipinski definition) is 6. The quantitative estimate of drug-likeness (QED) is 0.479. The van der Waals surface area contributed by atoms with Gasteiger partial charge in [0.05, 0.1) is 18.3 Å². The Morgan fingerprint density at radius 1 is 1.06 bits per heavy atom. The first-order chi connectivity index (χ1) is 17.0. The molecule has 5 saturated carbocycles. The van der Waals surface area contributed by atoms with Crippen molar-refractivity contribution >= 4 is 11.8 Å². The maximum absolute atomic E-state index is 12.6. The molecular formula is C30H48O6. The van der Waals surface area contributed by atoms with Crippen LogP contribution in [0.25, 0.3) is 0 Å². The van der Waals surface area contributed by atoms with E-state index in [1.54, 1.807) is 0 Å². The topological polar surface area (TPSA) is 104 Å². The van der Waals surface area contributed by atoms with Crippen molar-refractivity contribution in [2.45, 2.75) is 129 Å². The molecule has 0 radical (unpaired) electrons. The average molecular weight is 505 g/mol. The molecule has 0 spiro atoms. The molecule has 204 valence electrons. The van der Waals surface area contributed by atoms with Gasteiger partial charge in [0, 0.05) is 19.3 Å². The summed E-state index contributed by atoms with van der Waals surface area (Å²) in [5.74, 6) is 1.71. The Balaban J connectivity index is 1.25. The van der Waals surface area contributed by atoms with E-state index in [0.29, 0.717) is 42.9 Å². The van der Waals surface area contributed by atoms with Crippen LogP contribution in [0.15, 0.2) is 0 Å². The lowest BCUT2D eigenvalue weighted by Gasteiger charge is -2.63. The first kappa shape index (κ1) is 26.6. The molecule has 0 saturated heterocycles. The predicted molar refractivity (Wildman–Crippen MR) is 136 cm³/mol. The molecule has 0 bridgehead atoms. The Bertz CT molecular complexity index is 843. The lowest BCUT2D eigenvalue weighted by molar-refractivity contribution is -0.207. The molecule has 0 aromatic rings. The van der Waals surface area contributed by atoms with Crippen molar-refractivity contribution in [3.05, 3.63) is 0 Å². The Hall–Kier alpha value is -0.980. The molecular weight excluding hydrogens is 456 g/mol. The largest absolute Gasteiger partial charge is 0.462 e. The molecule has 6 heteroatoms. The summed E-state index contributed by atoms with van der Waals surface area (Å²) in [5.41, 5.74) is -0.169. The number of ether oxygens (including phenoxy) is 1. The van der Waals surface area contributed by atoms with Crippen LogP contribution >= 0.6 is 0 Å². The van der Waals surface area contributed by atoms with Crippen LogP contribution in [0.2, 0.25) is 0 Å². The van der Waals surface area contributed by atoms with Crippen LogP contribution in [-0.2, 0) is 14.3 Å². The van der Waals surface area contributed by atoms with Gasteiger partial charge in [0.2, 0.25) is 0 Å². The number of rotatable bonds is 5. The van der Waals surface area contributed by atoms with Gasteiger partial charge >= 0.3 is 5.97 Å². The van der Waals surface area contributed by atoms with Crippen LogP contribution in [0.1, 0.15) is 104 Å². The van der Waals surface area contributed by atoms with E-state index in [0.717, 1.165) is 64.2 Å². The highest BCUT2D eigenvalue weighted by molar-refractivity contribution is 5.80. The van der Waals surface area contributed by atoms with Gasteiger partial charge in [-0.2, -0.15) is 0 Å². The first-order valence-electron chi connectivity index (χ1n) is 14.8. The number of hydrogen-bond donors (Lipinski definition) is 3. The highest BCUT2D eigenvalue weighted by Gasteiger charge is 2.65. The SMILES string of the molecule is CC(CCC(=O)OC1CCCC(=O)C1)C1CCC2C3C(O)CC4CC(O)CCC4(C)C3CC(O)C12C. The minimum Gasteiger partial charge on any atom is -0.462 e. The van der Waals surface area contributed by atoms with Gasteiger partial charge in [-0.1, -0.05) is 20.8 Å². The van der Waals surface area contributed by atoms with E-state index >= 15 is 0 Å². The number of aliphatic hydroxyl groups is 3. The summed E-state index contributed by atoms with van der Waals surface area (Å²) >= 11 is 0. The average Bonchev–Trinajstić information content (AvgIpc) is 3.18. The maximum atomic E-state index is 12.6. The van der Waals surface area contributed by atoms with Crippen molar-refractivity contribution in [1.82, 2.24) is 0 Å². The van der Waals surface area contributed by atoms with Gasteiger partial charge in [-0.05, 0) is 111 Å². The number of Topliss-reactive ketones (excluding diaryl/α,β-unsaturated/α-hetero) is 1. The zero-order valence-corrected chi connectivity index (χ0v) is 22.5. The maximum Gasteiger partial charge on any atom is 0.306 e. The molecule has 3 N–H and O–H groups in total. The minimum absolute atomic E-state index is 0.0827. The monoisotopic (exact) mass is 504 g/mol. The third-order valence-electron chi connectivity index (χ3n) is 12.1. The normalized spacial score (nSPS) is 49.5. The molecule has 12 unspecified atom stereocenters. The van der Waals surface area contributed by atoms with Crippen molar-refractivity contribution < 1.29 is 29.6 Å². The third kappa shape index (κ3) is 4.47. The molecule has 0 aromatic carbocycles. The number of ketones is 1. The number of aliphatic hydroxyl groups excluding tert-OH is 3. The fraction of sp³-hybridized carbons (Fsp3) is 0.933. The molecule has 5 aliphatic carbocycles. The Kier molecular flexibility index (Phi) is 7.37. The molecule has 36 heavy (non-hydrogen) atoms. The fourth-order valence-corrected chi connectivity index (χ4v) is 10.0. The predicted octanol–water partition coefficient (Wildman–Crippen LogP) is 4.42. The van der Waals surface area contributed by atoms with Gasteiger partial charge in [0.1, 0.15) is 11.9 Å². The molecule has 5 fully saturated rings. The van der Waals surface area contributed by atoms with E-state index in [9.17, 15) is 24.9 Å². The minimum atomic E-state index is -0.409. The summed E-state index contributed by atoms with van der Waals surface area (Å²) in [7, 11) is 0. The molecule has 5 aliphatic rings. The van der Waals surface area contributed by atoms with Crippen LogP contribution in [-0.4, -0.2) is 51.5 Å². The highest BCUT2D eigenvalue weighted by atomic mass is 16.5. The molecule has 0 aromatic heterocycles. The van der Waals surface area contributed by atoms with Crippen molar-refractivity contribution in [2.75, 3.05) is 0 Å². The zero-order valence-electron chi connectivity index (χ0n) is 22.5. The van der Waals surface area contributed by atoms with Crippen molar-refractivity contribution in [2.24, 2.45) is 46.3 Å². The van der Waals surface area contributed by atoms with Crippen molar-refractivity contribution in [1.29, 1.82) is 0 Å². The standard InChI is InChI=1S/C30H48O6/c1-17(7-10-27(35)36-21-6-4-5-19(31)15-21)22-8-9-23-28-24(16-26(34)30(22,23)3)29(2)12-11-20(32)13-18(29)14-25(28)33/h17-18,20-26,28,32-34H,4-16H2,1-3H3. The van der Waals surface area contributed by atoms with E-state index < -0.39 is 6.10 Å². The molecule has 5 rings (SSSR count). The smallest absolute Gasteiger partial charge is 0.306 e. The Morgan fingerprint density at radius 2 is 1.83 bits per heavy atom. The molecule has 0 amide bonds. The summed E-state index contributed by atoms with van der Waals surface area (Å²) in [5, 5.41) is 33.4. The summed E-state index contributed by atoms with van der Waals surface area (Å²) < 4.78 is 5.62. The zero-order chi connectivity index (χ0) is 25.8. The van der Waals surface area contributed by atoms with Crippen molar-refractivity contribution in [3.8, 4) is 0 Å². The van der Waals surface area contributed by atoms with Gasteiger partial charge in [-0.25, -0.2) is 0 Å². The first-order valence-corrected chi connectivity index (χ1v) is 14.8.